The molecule has 0 bridgehead atoms. The summed E-state index contributed by atoms with van der Waals surface area (Å²) in [7, 11) is -3.62. The third-order valence-electron chi connectivity index (χ3n) is 4.05. The van der Waals surface area contributed by atoms with Crippen molar-refractivity contribution in [3.63, 3.8) is 0 Å². The maximum absolute atomic E-state index is 12.9. The zero-order chi connectivity index (χ0) is 18.2. The summed E-state index contributed by atoms with van der Waals surface area (Å²) in [4.78, 5) is 17.3. The van der Waals surface area contributed by atoms with Crippen molar-refractivity contribution in [2.45, 2.75) is 11.8 Å². The van der Waals surface area contributed by atoms with Crippen LogP contribution in [0.3, 0.4) is 0 Å². The minimum absolute atomic E-state index is 0.166. The lowest BCUT2D eigenvalue weighted by Gasteiger charge is -2.34. The Kier molecular flexibility index (Phi) is 5.01. The molecule has 10 heteroatoms. The highest BCUT2D eigenvalue weighted by Gasteiger charge is 2.31. The molecule has 1 aromatic heterocycles. The first kappa shape index (κ1) is 18.1. The zero-order valence-electron chi connectivity index (χ0n) is 13.3. The summed E-state index contributed by atoms with van der Waals surface area (Å²) < 4.78 is 27.1. The summed E-state index contributed by atoms with van der Waals surface area (Å²) >= 11 is 7.13. The second kappa shape index (κ2) is 6.91. The number of nitrogens with zero attached hydrogens (tertiary/aromatic N) is 3. The van der Waals surface area contributed by atoms with E-state index in [0.717, 1.165) is 11.3 Å². The van der Waals surface area contributed by atoms with Crippen LogP contribution in [0.5, 0.6) is 0 Å². The molecule has 0 radical (unpaired) electrons. The van der Waals surface area contributed by atoms with Gasteiger partial charge in [0.2, 0.25) is 10.0 Å². The smallest absolute Gasteiger partial charge is 0.347 e. The van der Waals surface area contributed by atoms with E-state index >= 15 is 0 Å². The number of carboxylic acid groups (broad SMARTS) is 1. The minimum atomic E-state index is -3.62. The molecule has 1 aromatic carbocycles. The van der Waals surface area contributed by atoms with E-state index in [-0.39, 0.29) is 9.77 Å². The van der Waals surface area contributed by atoms with E-state index in [1.807, 2.05) is 4.90 Å². The van der Waals surface area contributed by atoms with Crippen LogP contribution in [-0.4, -0.2) is 55.0 Å². The van der Waals surface area contributed by atoms with Crippen molar-refractivity contribution < 1.29 is 18.3 Å². The van der Waals surface area contributed by atoms with E-state index in [9.17, 15) is 13.2 Å². The van der Waals surface area contributed by atoms with Crippen molar-refractivity contribution in [1.82, 2.24) is 9.29 Å². The van der Waals surface area contributed by atoms with Gasteiger partial charge in [0, 0.05) is 31.2 Å². The quantitative estimate of drug-likeness (QED) is 0.845. The molecule has 2 heterocycles. The number of anilines is 1. The van der Waals surface area contributed by atoms with Crippen LogP contribution in [0, 0.1) is 6.92 Å². The van der Waals surface area contributed by atoms with E-state index in [1.54, 1.807) is 25.1 Å². The molecule has 134 valence electrons. The normalized spacial score (nSPS) is 16.2. The summed E-state index contributed by atoms with van der Waals surface area (Å²) in [6, 6.07) is 4.85. The number of thiazole rings is 1. The standard InChI is InChI=1S/C15H16ClN3O4S2/c1-10-11(16)3-2-4-13(10)25(22,23)19-7-5-18(6-8-19)15-17-9-12(24-15)14(20)21/h2-4,9H,5-8H2,1H3,(H,20,21). The number of rotatable bonds is 4. The Morgan fingerprint density at radius 1 is 1.28 bits per heavy atom. The number of hydrogen-bond acceptors (Lipinski definition) is 6. The molecular weight excluding hydrogens is 386 g/mol. The molecule has 0 aliphatic carbocycles. The Bertz CT molecular complexity index is 905. The Balaban J connectivity index is 1.75. The summed E-state index contributed by atoms with van der Waals surface area (Å²) in [5.41, 5.74) is 0.539. The van der Waals surface area contributed by atoms with Crippen LogP contribution >= 0.6 is 22.9 Å². The first-order valence-corrected chi connectivity index (χ1v) is 10.1. The van der Waals surface area contributed by atoms with Gasteiger partial charge in [-0.3, -0.25) is 0 Å². The first-order valence-electron chi connectivity index (χ1n) is 7.50. The largest absolute Gasteiger partial charge is 0.477 e. The van der Waals surface area contributed by atoms with E-state index in [2.05, 4.69) is 4.98 Å². The van der Waals surface area contributed by atoms with Gasteiger partial charge in [0.25, 0.3) is 0 Å². The number of piperazine rings is 1. The van der Waals surface area contributed by atoms with Gasteiger partial charge in [0.05, 0.1) is 11.1 Å². The number of hydrogen-bond donors (Lipinski definition) is 1. The predicted molar refractivity (Wildman–Crippen MR) is 96.2 cm³/mol. The third kappa shape index (κ3) is 3.50. The van der Waals surface area contributed by atoms with E-state index in [4.69, 9.17) is 16.7 Å². The van der Waals surface area contributed by atoms with E-state index < -0.39 is 16.0 Å². The summed E-state index contributed by atoms with van der Waals surface area (Å²) in [6.45, 7) is 3.19. The van der Waals surface area contributed by atoms with Gasteiger partial charge >= 0.3 is 5.97 Å². The van der Waals surface area contributed by atoms with Crippen molar-refractivity contribution in [2.75, 3.05) is 31.1 Å². The molecule has 1 aliphatic rings. The number of carboxylic acids is 1. The third-order valence-corrected chi connectivity index (χ3v) is 7.55. The lowest BCUT2D eigenvalue weighted by molar-refractivity contribution is 0.0702. The van der Waals surface area contributed by atoms with Gasteiger partial charge in [-0.1, -0.05) is 29.0 Å². The van der Waals surface area contributed by atoms with Gasteiger partial charge < -0.3 is 10.0 Å². The second-order valence-corrected chi connectivity index (χ2v) is 8.89. The summed E-state index contributed by atoms with van der Waals surface area (Å²) in [5.74, 6) is -1.01. The Hall–Kier alpha value is -1.68. The highest BCUT2D eigenvalue weighted by atomic mass is 35.5. The van der Waals surface area contributed by atoms with Crippen molar-refractivity contribution in [3.8, 4) is 0 Å². The Morgan fingerprint density at radius 3 is 2.56 bits per heavy atom. The summed E-state index contributed by atoms with van der Waals surface area (Å²) in [5, 5.41) is 9.98. The van der Waals surface area contributed by atoms with Crippen LogP contribution in [0.15, 0.2) is 29.3 Å². The molecule has 2 aromatic rings. The van der Waals surface area contributed by atoms with Crippen LogP contribution in [0.4, 0.5) is 5.13 Å². The molecule has 0 unspecified atom stereocenters. The van der Waals surface area contributed by atoms with Crippen LogP contribution < -0.4 is 4.90 Å². The number of aromatic carboxylic acids is 1. The first-order chi connectivity index (χ1) is 11.8. The molecule has 0 spiro atoms. The maximum atomic E-state index is 12.9. The predicted octanol–water partition coefficient (Wildman–Crippen LogP) is 2.31. The average Bonchev–Trinajstić information content (AvgIpc) is 3.07. The Labute approximate surface area is 154 Å². The molecule has 25 heavy (non-hydrogen) atoms. The molecule has 0 saturated carbocycles. The van der Waals surface area contributed by atoms with Gasteiger partial charge in [-0.15, -0.1) is 0 Å². The topological polar surface area (TPSA) is 90.8 Å². The molecule has 1 aliphatic heterocycles. The van der Waals surface area contributed by atoms with Gasteiger partial charge in [0.15, 0.2) is 5.13 Å². The minimum Gasteiger partial charge on any atom is -0.477 e. The summed E-state index contributed by atoms with van der Waals surface area (Å²) in [6.07, 6.45) is 1.32. The number of halogens is 1. The Morgan fingerprint density at radius 2 is 1.96 bits per heavy atom. The van der Waals surface area contributed by atoms with Crippen LogP contribution in [0.1, 0.15) is 15.2 Å². The van der Waals surface area contributed by atoms with Crippen molar-refractivity contribution >= 4 is 44.1 Å². The number of sulfonamides is 1. The molecule has 1 saturated heterocycles. The number of aromatic nitrogens is 1. The average molecular weight is 402 g/mol. The van der Waals surface area contributed by atoms with Crippen molar-refractivity contribution in [1.29, 1.82) is 0 Å². The molecule has 1 fully saturated rings. The van der Waals surface area contributed by atoms with Crippen molar-refractivity contribution in [2.24, 2.45) is 0 Å². The highest BCUT2D eigenvalue weighted by molar-refractivity contribution is 7.89. The zero-order valence-corrected chi connectivity index (χ0v) is 15.7. The van der Waals surface area contributed by atoms with E-state index in [1.165, 1.54) is 10.5 Å². The monoisotopic (exact) mass is 401 g/mol. The molecule has 1 N–H and O–H groups in total. The lowest BCUT2D eigenvalue weighted by atomic mass is 10.2. The van der Waals surface area contributed by atoms with Crippen LogP contribution in [0.25, 0.3) is 0 Å². The fraction of sp³-hybridized carbons (Fsp3) is 0.333. The van der Waals surface area contributed by atoms with Crippen molar-refractivity contribution in [3.05, 3.63) is 39.9 Å². The van der Waals surface area contributed by atoms with Gasteiger partial charge in [-0.2, -0.15) is 4.31 Å². The fourth-order valence-corrected chi connectivity index (χ4v) is 5.34. The second-order valence-electron chi connectivity index (χ2n) is 5.57. The molecular formula is C15H16ClN3O4S2. The fourth-order valence-electron chi connectivity index (χ4n) is 2.64. The molecule has 7 nitrogen and oxygen atoms in total. The number of carbonyl (C=O) groups is 1. The molecule has 0 atom stereocenters. The number of benzene rings is 1. The van der Waals surface area contributed by atoms with E-state index in [0.29, 0.717) is 41.9 Å². The van der Waals surface area contributed by atoms with Gasteiger partial charge in [-0.25, -0.2) is 18.2 Å². The molecule has 3 rings (SSSR count). The lowest BCUT2D eigenvalue weighted by Crippen LogP contribution is -2.48. The molecule has 0 amide bonds. The maximum Gasteiger partial charge on any atom is 0.347 e. The highest BCUT2D eigenvalue weighted by Crippen LogP contribution is 2.28. The van der Waals surface area contributed by atoms with Crippen LogP contribution in [-0.2, 0) is 10.0 Å². The van der Waals surface area contributed by atoms with Gasteiger partial charge in [-0.05, 0) is 24.6 Å². The van der Waals surface area contributed by atoms with Gasteiger partial charge in [0.1, 0.15) is 4.88 Å². The SMILES string of the molecule is Cc1c(Cl)cccc1S(=O)(=O)N1CCN(c2ncc(C(=O)O)s2)CC1. The van der Waals surface area contributed by atoms with Crippen LogP contribution in [0.2, 0.25) is 5.02 Å².